The van der Waals surface area contributed by atoms with Crippen molar-refractivity contribution >= 4 is 11.9 Å². The normalized spacial score (nSPS) is 21.0. The number of morpholine rings is 1. The van der Waals surface area contributed by atoms with Crippen LogP contribution in [0.2, 0.25) is 0 Å². The van der Waals surface area contributed by atoms with E-state index >= 15 is 0 Å². The summed E-state index contributed by atoms with van der Waals surface area (Å²) in [7, 11) is 3.66. The molecule has 0 saturated carbocycles. The molecule has 8 heteroatoms. The SMILES string of the molecule is CC(C)N1CCOC(CC(=O)N2CCc3c(nc(N(C)C)[nH]c3=O)C2)C1. The van der Waals surface area contributed by atoms with Gasteiger partial charge in [0.05, 0.1) is 31.4 Å². The molecule has 2 aliphatic heterocycles. The number of carbonyl (C=O) groups is 1. The molecule has 0 radical (unpaired) electrons. The van der Waals surface area contributed by atoms with Gasteiger partial charge in [-0.15, -0.1) is 0 Å². The minimum Gasteiger partial charge on any atom is -0.375 e. The monoisotopic (exact) mass is 363 g/mol. The Kier molecular flexibility index (Phi) is 5.62. The molecule has 0 aromatic carbocycles. The standard InChI is InChI=1S/C18H29N5O3/c1-12(2)22-7-8-26-13(10-22)9-16(24)23-6-5-14-15(11-23)19-18(21(3)4)20-17(14)25/h12-13H,5-11H2,1-4H3,(H,19,20,25). The third-order valence-electron chi connectivity index (χ3n) is 5.14. The largest absolute Gasteiger partial charge is 0.375 e. The summed E-state index contributed by atoms with van der Waals surface area (Å²) in [5.41, 5.74) is 1.29. The summed E-state index contributed by atoms with van der Waals surface area (Å²) in [4.78, 5) is 38.2. The van der Waals surface area contributed by atoms with Crippen LogP contribution in [0.25, 0.3) is 0 Å². The fourth-order valence-electron chi connectivity index (χ4n) is 3.51. The molecule has 0 spiro atoms. The fourth-order valence-corrected chi connectivity index (χ4v) is 3.51. The summed E-state index contributed by atoms with van der Waals surface area (Å²) in [6.45, 7) is 7.64. The van der Waals surface area contributed by atoms with Gasteiger partial charge in [-0.1, -0.05) is 0 Å². The van der Waals surface area contributed by atoms with Crippen molar-refractivity contribution in [2.24, 2.45) is 0 Å². The van der Waals surface area contributed by atoms with Gasteiger partial charge in [-0.2, -0.15) is 0 Å². The van der Waals surface area contributed by atoms with Gasteiger partial charge in [0.1, 0.15) is 0 Å². The van der Waals surface area contributed by atoms with Crippen molar-refractivity contribution in [3.05, 3.63) is 21.6 Å². The van der Waals surface area contributed by atoms with Crippen molar-refractivity contribution in [1.82, 2.24) is 19.8 Å². The van der Waals surface area contributed by atoms with Gasteiger partial charge < -0.3 is 14.5 Å². The van der Waals surface area contributed by atoms with Crippen LogP contribution in [0, 0.1) is 0 Å². The van der Waals surface area contributed by atoms with E-state index in [0.717, 1.165) is 13.1 Å². The number of aromatic amines is 1. The number of ether oxygens (including phenoxy) is 1. The van der Waals surface area contributed by atoms with E-state index in [1.54, 1.807) is 9.80 Å². The Bertz CT molecular complexity index is 715. The number of hydrogen-bond acceptors (Lipinski definition) is 6. The van der Waals surface area contributed by atoms with E-state index in [9.17, 15) is 9.59 Å². The van der Waals surface area contributed by atoms with E-state index in [2.05, 4.69) is 28.7 Å². The number of carbonyl (C=O) groups excluding carboxylic acids is 1. The molecule has 8 nitrogen and oxygen atoms in total. The highest BCUT2D eigenvalue weighted by atomic mass is 16.5. The maximum Gasteiger partial charge on any atom is 0.255 e. The fraction of sp³-hybridized carbons (Fsp3) is 0.722. The van der Waals surface area contributed by atoms with E-state index in [4.69, 9.17) is 4.74 Å². The van der Waals surface area contributed by atoms with E-state index in [1.165, 1.54) is 0 Å². The molecule has 0 aliphatic carbocycles. The molecule has 1 aromatic rings. The van der Waals surface area contributed by atoms with Crippen molar-refractivity contribution in [3.63, 3.8) is 0 Å². The maximum atomic E-state index is 12.8. The van der Waals surface area contributed by atoms with Crippen LogP contribution < -0.4 is 10.5 Å². The second kappa shape index (κ2) is 7.75. The summed E-state index contributed by atoms with van der Waals surface area (Å²) in [5, 5.41) is 0. The molecule has 1 fully saturated rings. The number of amides is 1. The molecule has 1 amide bonds. The molecule has 1 atom stereocenters. The van der Waals surface area contributed by atoms with Crippen LogP contribution in [0.15, 0.2) is 4.79 Å². The molecule has 1 N–H and O–H groups in total. The van der Waals surface area contributed by atoms with Crippen LogP contribution in [-0.2, 0) is 22.5 Å². The summed E-state index contributed by atoms with van der Waals surface area (Å²) in [5.74, 6) is 0.589. The third-order valence-corrected chi connectivity index (χ3v) is 5.14. The van der Waals surface area contributed by atoms with Crippen molar-refractivity contribution in [2.75, 3.05) is 45.2 Å². The number of anilines is 1. The molecule has 144 valence electrons. The topological polar surface area (TPSA) is 81.8 Å². The van der Waals surface area contributed by atoms with Crippen molar-refractivity contribution in [1.29, 1.82) is 0 Å². The molecular weight excluding hydrogens is 334 g/mol. The summed E-state index contributed by atoms with van der Waals surface area (Å²) < 4.78 is 5.79. The van der Waals surface area contributed by atoms with Crippen LogP contribution in [0.3, 0.4) is 0 Å². The number of aromatic nitrogens is 2. The Hall–Kier alpha value is -1.93. The van der Waals surface area contributed by atoms with Gasteiger partial charge in [-0.25, -0.2) is 4.98 Å². The first-order chi connectivity index (χ1) is 12.3. The van der Waals surface area contributed by atoms with Gasteiger partial charge in [-0.3, -0.25) is 19.5 Å². The van der Waals surface area contributed by atoms with Crippen molar-refractivity contribution in [3.8, 4) is 0 Å². The summed E-state index contributed by atoms with van der Waals surface area (Å²) in [6.07, 6.45) is 0.854. The lowest BCUT2D eigenvalue weighted by Gasteiger charge is -2.36. The lowest BCUT2D eigenvalue weighted by atomic mass is 10.1. The predicted molar refractivity (Wildman–Crippen MR) is 99.4 cm³/mol. The lowest BCUT2D eigenvalue weighted by molar-refractivity contribution is -0.137. The predicted octanol–water partition coefficient (Wildman–Crippen LogP) is 0.220. The summed E-state index contributed by atoms with van der Waals surface area (Å²) >= 11 is 0. The number of hydrogen-bond donors (Lipinski definition) is 1. The Morgan fingerprint density at radius 2 is 2.15 bits per heavy atom. The molecule has 2 aliphatic rings. The van der Waals surface area contributed by atoms with Crippen molar-refractivity contribution in [2.45, 2.75) is 45.4 Å². The minimum atomic E-state index is -0.103. The highest BCUT2D eigenvalue weighted by molar-refractivity contribution is 5.77. The average Bonchev–Trinajstić information content (AvgIpc) is 2.61. The van der Waals surface area contributed by atoms with Gasteiger partial charge in [0.25, 0.3) is 5.56 Å². The number of H-pyrrole nitrogens is 1. The number of fused-ring (bicyclic) bond motifs is 1. The Morgan fingerprint density at radius 1 is 1.38 bits per heavy atom. The Labute approximate surface area is 154 Å². The third kappa shape index (κ3) is 4.07. The zero-order chi connectivity index (χ0) is 18.8. The second-order valence-corrected chi connectivity index (χ2v) is 7.56. The number of nitrogens with one attached hydrogen (secondary N) is 1. The lowest BCUT2D eigenvalue weighted by Crippen LogP contribution is -2.48. The molecule has 1 aromatic heterocycles. The van der Waals surface area contributed by atoms with Gasteiger partial charge in [0, 0.05) is 45.3 Å². The summed E-state index contributed by atoms with van der Waals surface area (Å²) in [6, 6.07) is 0.457. The average molecular weight is 363 g/mol. The smallest absolute Gasteiger partial charge is 0.255 e. The van der Waals surface area contributed by atoms with Crippen LogP contribution in [0.1, 0.15) is 31.5 Å². The van der Waals surface area contributed by atoms with E-state index in [0.29, 0.717) is 55.8 Å². The Balaban J connectivity index is 1.66. The zero-order valence-electron chi connectivity index (χ0n) is 16.1. The quantitative estimate of drug-likeness (QED) is 0.824. The zero-order valence-corrected chi connectivity index (χ0v) is 16.1. The van der Waals surface area contributed by atoms with Gasteiger partial charge >= 0.3 is 0 Å². The molecule has 0 bridgehead atoms. The maximum absolute atomic E-state index is 12.8. The van der Waals surface area contributed by atoms with Crippen LogP contribution in [0.4, 0.5) is 5.95 Å². The molecular formula is C18H29N5O3. The van der Waals surface area contributed by atoms with Gasteiger partial charge in [0.2, 0.25) is 11.9 Å². The first-order valence-corrected chi connectivity index (χ1v) is 9.28. The van der Waals surface area contributed by atoms with Gasteiger partial charge in [0.15, 0.2) is 0 Å². The highest BCUT2D eigenvalue weighted by Crippen LogP contribution is 2.19. The van der Waals surface area contributed by atoms with Crippen LogP contribution >= 0.6 is 0 Å². The van der Waals surface area contributed by atoms with Gasteiger partial charge in [-0.05, 0) is 20.3 Å². The second-order valence-electron chi connectivity index (χ2n) is 7.56. The molecule has 26 heavy (non-hydrogen) atoms. The van der Waals surface area contributed by atoms with Crippen LogP contribution in [-0.4, -0.2) is 78.2 Å². The van der Waals surface area contributed by atoms with E-state index in [1.807, 2.05) is 14.1 Å². The first kappa shape index (κ1) is 18.8. The molecule has 1 saturated heterocycles. The number of rotatable bonds is 4. The highest BCUT2D eigenvalue weighted by Gasteiger charge is 2.29. The molecule has 3 rings (SSSR count). The Morgan fingerprint density at radius 3 is 2.85 bits per heavy atom. The van der Waals surface area contributed by atoms with Crippen LogP contribution in [0.5, 0.6) is 0 Å². The number of nitrogens with zero attached hydrogens (tertiary/aromatic N) is 4. The minimum absolute atomic E-state index is 0.0653. The molecule has 3 heterocycles. The van der Waals surface area contributed by atoms with Crippen molar-refractivity contribution < 1.29 is 9.53 Å². The van der Waals surface area contributed by atoms with E-state index in [-0.39, 0.29) is 17.6 Å². The molecule has 1 unspecified atom stereocenters. The first-order valence-electron chi connectivity index (χ1n) is 9.28. The van der Waals surface area contributed by atoms with E-state index < -0.39 is 0 Å².